The van der Waals surface area contributed by atoms with Crippen LogP contribution in [0.25, 0.3) is 0 Å². The van der Waals surface area contributed by atoms with E-state index in [0.717, 1.165) is 23.2 Å². The molecule has 2 aliphatic rings. The van der Waals surface area contributed by atoms with Crippen LogP contribution in [0.5, 0.6) is 0 Å². The monoisotopic (exact) mass is 349 g/mol. The van der Waals surface area contributed by atoms with Crippen molar-refractivity contribution >= 4 is 15.7 Å². The minimum Gasteiger partial charge on any atom is -0.378 e. The zero-order valence-electron chi connectivity index (χ0n) is 12.5. The third-order valence-corrected chi connectivity index (χ3v) is 6.15. The van der Waals surface area contributed by atoms with Crippen molar-refractivity contribution in [3.63, 3.8) is 0 Å². The normalized spacial score (nSPS) is 21.7. The van der Waals surface area contributed by atoms with Crippen LogP contribution in [0.3, 0.4) is 0 Å². The van der Waals surface area contributed by atoms with Crippen LogP contribution in [0.15, 0.2) is 18.2 Å². The fraction of sp³-hybridized carbons (Fsp3) is 0.600. The molecule has 3 rings (SSSR count). The maximum absolute atomic E-state index is 13.0. The Bertz CT molecular complexity index is 682. The predicted molar refractivity (Wildman–Crippen MR) is 79.9 cm³/mol. The molecule has 4 nitrogen and oxygen atoms in total. The zero-order chi connectivity index (χ0) is 16.7. The van der Waals surface area contributed by atoms with Crippen molar-refractivity contribution in [3.05, 3.63) is 29.3 Å². The van der Waals surface area contributed by atoms with Gasteiger partial charge in [-0.05, 0) is 43.4 Å². The molecule has 23 heavy (non-hydrogen) atoms. The average molecular weight is 349 g/mol. The minimum atomic E-state index is -4.47. The Hall–Kier alpha value is -1.28. The molecule has 1 atom stereocenters. The number of ether oxygens (including phenoxy) is 1. The summed E-state index contributed by atoms with van der Waals surface area (Å²) in [6, 6.07) is 3.71. The number of nitrogens with zero attached hydrogens (tertiary/aromatic N) is 1. The number of halogens is 3. The number of anilines is 1. The fourth-order valence-corrected chi connectivity index (χ4v) is 4.84. The van der Waals surface area contributed by atoms with Crippen LogP contribution in [0.4, 0.5) is 18.9 Å². The third kappa shape index (κ3) is 3.33. The van der Waals surface area contributed by atoms with E-state index in [2.05, 4.69) is 0 Å². The lowest BCUT2D eigenvalue weighted by molar-refractivity contribution is -0.138. The summed E-state index contributed by atoms with van der Waals surface area (Å²) in [5.41, 5.74) is -0.514. The number of alkyl halides is 3. The van der Waals surface area contributed by atoms with Crippen LogP contribution in [0, 0.1) is 0 Å². The van der Waals surface area contributed by atoms with Crippen molar-refractivity contribution in [3.8, 4) is 0 Å². The number of benzene rings is 1. The Morgan fingerprint density at radius 2 is 2.09 bits per heavy atom. The molecule has 0 bridgehead atoms. The second kappa shape index (κ2) is 5.98. The van der Waals surface area contributed by atoms with Crippen molar-refractivity contribution in [2.75, 3.05) is 23.2 Å². The molecule has 0 radical (unpaired) electrons. The van der Waals surface area contributed by atoms with Gasteiger partial charge in [-0.25, -0.2) is 8.42 Å². The number of rotatable bonds is 4. The molecule has 0 saturated carbocycles. The summed E-state index contributed by atoms with van der Waals surface area (Å²) in [4.78, 5) is 0. The predicted octanol–water partition coefficient (Wildman–Crippen LogP) is 2.97. The van der Waals surface area contributed by atoms with Crippen molar-refractivity contribution in [2.45, 2.75) is 38.0 Å². The van der Waals surface area contributed by atoms with Gasteiger partial charge < -0.3 is 4.74 Å². The fourth-order valence-electron chi connectivity index (χ4n) is 3.22. The second-order valence-corrected chi connectivity index (χ2v) is 7.88. The highest BCUT2D eigenvalue weighted by atomic mass is 32.2. The Balaban J connectivity index is 1.81. The Kier molecular flexibility index (Phi) is 4.31. The molecular weight excluding hydrogens is 331 g/mol. The standard InChI is InChI=1S/C15H18F3NO3S/c16-15(17,18)13-4-1-5-14-12(13)6-8-19(14)23(20,21)10-7-11-3-2-9-22-11/h1,4-5,11H,2-3,6-10H2. The molecule has 1 fully saturated rings. The topological polar surface area (TPSA) is 46.6 Å². The van der Waals surface area contributed by atoms with Crippen molar-refractivity contribution in [1.82, 2.24) is 0 Å². The molecular formula is C15H18F3NO3S. The average Bonchev–Trinajstić information content (AvgIpc) is 3.13. The van der Waals surface area contributed by atoms with E-state index in [0.29, 0.717) is 13.0 Å². The van der Waals surface area contributed by atoms with Gasteiger partial charge in [0.25, 0.3) is 0 Å². The van der Waals surface area contributed by atoms with Gasteiger partial charge in [0.15, 0.2) is 0 Å². The maximum Gasteiger partial charge on any atom is 0.416 e. The first-order valence-electron chi connectivity index (χ1n) is 7.60. The summed E-state index contributed by atoms with van der Waals surface area (Å²) < 4.78 is 70.6. The van der Waals surface area contributed by atoms with Gasteiger partial charge in [-0.1, -0.05) is 6.07 Å². The Morgan fingerprint density at radius 3 is 2.74 bits per heavy atom. The third-order valence-electron chi connectivity index (χ3n) is 4.35. The van der Waals surface area contributed by atoms with Gasteiger partial charge in [0.05, 0.1) is 23.1 Å². The maximum atomic E-state index is 13.0. The molecule has 0 aromatic heterocycles. The molecule has 128 valence electrons. The van der Waals surface area contributed by atoms with Crippen molar-refractivity contribution in [2.24, 2.45) is 0 Å². The van der Waals surface area contributed by atoms with E-state index in [1.165, 1.54) is 12.1 Å². The highest BCUT2D eigenvalue weighted by Crippen LogP contribution is 2.40. The zero-order valence-corrected chi connectivity index (χ0v) is 13.3. The van der Waals surface area contributed by atoms with Crippen molar-refractivity contribution in [1.29, 1.82) is 0 Å². The lowest BCUT2D eigenvalue weighted by atomic mass is 10.0. The molecule has 0 aliphatic carbocycles. The highest BCUT2D eigenvalue weighted by molar-refractivity contribution is 7.92. The van der Waals surface area contributed by atoms with Gasteiger partial charge in [0, 0.05) is 13.2 Å². The smallest absolute Gasteiger partial charge is 0.378 e. The van der Waals surface area contributed by atoms with E-state index < -0.39 is 21.8 Å². The number of hydrogen-bond acceptors (Lipinski definition) is 3. The SMILES string of the molecule is O=S(=O)(CCC1CCCO1)N1CCc2c1cccc2C(F)(F)F. The summed E-state index contributed by atoms with van der Waals surface area (Å²) in [6.45, 7) is 0.711. The van der Waals surface area contributed by atoms with E-state index in [9.17, 15) is 21.6 Å². The van der Waals surface area contributed by atoms with E-state index >= 15 is 0 Å². The first kappa shape index (κ1) is 16.6. The van der Waals surface area contributed by atoms with Crippen LogP contribution < -0.4 is 4.31 Å². The van der Waals surface area contributed by atoms with Gasteiger partial charge in [-0.3, -0.25) is 4.31 Å². The van der Waals surface area contributed by atoms with Crippen LogP contribution in [0.2, 0.25) is 0 Å². The van der Waals surface area contributed by atoms with Crippen LogP contribution in [-0.4, -0.2) is 33.4 Å². The summed E-state index contributed by atoms with van der Waals surface area (Å²) in [5.74, 6) is -0.104. The van der Waals surface area contributed by atoms with Gasteiger partial charge >= 0.3 is 6.18 Å². The number of hydrogen-bond donors (Lipinski definition) is 0. The van der Waals surface area contributed by atoms with Gasteiger partial charge in [0.1, 0.15) is 0 Å². The molecule has 1 aromatic rings. The van der Waals surface area contributed by atoms with Crippen LogP contribution in [0.1, 0.15) is 30.4 Å². The summed E-state index contributed by atoms with van der Waals surface area (Å²) in [6.07, 6.45) is -2.30. The summed E-state index contributed by atoms with van der Waals surface area (Å²) in [5, 5.41) is 0. The molecule has 0 spiro atoms. The molecule has 2 heterocycles. The van der Waals surface area contributed by atoms with Gasteiger partial charge in [-0.2, -0.15) is 13.2 Å². The van der Waals surface area contributed by atoms with E-state index in [1.807, 2.05) is 0 Å². The van der Waals surface area contributed by atoms with E-state index in [4.69, 9.17) is 4.74 Å². The molecule has 8 heteroatoms. The Labute approximate surface area is 133 Å². The molecule has 1 aromatic carbocycles. The number of fused-ring (bicyclic) bond motifs is 1. The highest BCUT2D eigenvalue weighted by Gasteiger charge is 2.39. The second-order valence-electron chi connectivity index (χ2n) is 5.86. The van der Waals surface area contributed by atoms with E-state index in [-0.39, 0.29) is 36.1 Å². The van der Waals surface area contributed by atoms with E-state index in [1.54, 1.807) is 0 Å². The van der Waals surface area contributed by atoms with Gasteiger partial charge in [-0.15, -0.1) is 0 Å². The molecule has 2 aliphatic heterocycles. The first-order valence-corrected chi connectivity index (χ1v) is 9.21. The first-order chi connectivity index (χ1) is 10.8. The van der Waals surface area contributed by atoms with Crippen molar-refractivity contribution < 1.29 is 26.3 Å². The Morgan fingerprint density at radius 1 is 1.30 bits per heavy atom. The molecule has 0 amide bonds. The molecule has 0 N–H and O–H groups in total. The molecule has 1 saturated heterocycles. The molecule has 1 unspecified atom stereocenters. The largest absolute Gasteiger partial charge is 0.416 e. The van der Waals surface area contributed by atoms with Gasteiger partial charge in [0.2, 0.25) is 10.0 Å². The lowest BCUT2D eigenvalue weighted by Crippen LogP contribution is -2.32. The summed E-state index contributed by atoms with van der Waals surface area (Å²) >= 11 is 0. The summed E-state index contributed by atoms with van der Waals surface area (Å²) in [7, 11) is -3.64. The minimum absolute atomic E-state index is 0.0617. The number of sulfonamides is 1. The van der Waals surface area contributed by atoms with Crippen LogP contribution in [-0.2, 0) is 27.4 Å². The lowest BCUT2D eigenvalue weighted by Gasteiger charge is -2.21. The van der Waals surface area contributed by atoms with Crippen LogP contribution >= 0.6 is 0 Å². The quantitative estimate of drug-likeness (QED) is 0.840.